The molecule has 2 rings (SSSR count). The minimum Gasteiger partial charge on any atom is -0.324 e. The van der Waals surface area contributed by atoms with Crippen molar-refractivity contribution >= 4 is 5.91 Å². The Hall–Kier alpha value is -0.650. The summed E-state index contributed by atoms with van der Waals surface area (Å²) in [6.07, 6.45) is 2.36. The predicted molar refractivity (Wildman–Crippen MR) is 86.1 cm³/mol. The van der Waals surface area contributed by atoms with Crippen LogP contribution in [-0.2, 0) is 4.79 Å². The second kappa shape index (κ2) is 7.07. The average molecular weight is 296 g/mol. The third-order valence-corrected chi connectivity index (χ3v) is 4.91. The van der Waals surface area contributed by atoms with Gasteiger partial charge in [0.05, 0.1) is 12.2 Å². The average Bonchev–Trinajstić information content (AvgIpc) is 2.72. The number of rotatable bonds is 5. The van der Waals surface area contributed by atoms with Gasteiger partial charge in [0.25, 0.3) is 0 Å². The first-order valence-electron chi connectivity index (χ1n) is 8.39. The molecule has 0 aromatic rings. The molecule has 0 saturated carbocycles. The van der Waals surface area contributed by atoms with E-state index in [2.05, 4.69) is 54.9 Å². The Balaban J connectivity index is 2.06. The Morgan fingerprint density at radius 3 is 2.62 bits per heavy atom. The monoisotopic (exact) mass is 296 g/mol. The van der Waals surface area contributed by atoms with Crippen LogP contribution in [0.2, 0.25) is 0 Å². The van der Waals surface area contributed by atoms with E-state index < -0.39 is 0 Å². The highest BCUT2D eigenvalue weighted by Gasteiger charge is 2.41. The molecular weight excluding hydrogens is 264 g/mol. The number of amides is 1. The first-order valence-corrected chi connectivity index (χ1v) is 8.39. The molecule has 2 heterocycles. The molecule has 0 radical (unpaired) electrons. The van der Waals surface area contributed by atoms with E-state index in [1.54, 1.807) is 0 Å². The number of nitrogens with zero attached hydrogens (tertiary/aromatic N) is 3. The first kappa shape index (κ1) is 16.7. The second-order valence-electron chi connectivity index (χ2n) is 7.08. The molecule has 0 aromatic carbocycles. The quantitative estimate of drug-likeness (QED) is 0.815. The molecule has 3 unspecified atom stereocenters. The third-order valence-electron chi connectivity index (χ3n) is 4.91. The number of hydrogen-bond donors (Lipinski definition) is 1. The van der Waals surface area contributed by atoms with Crippen LogP contribution < -0.4 is 5.32 Å². The SMILES string of the molecule is CCCC1NC(C(C)C)C(=O)N1CC1CN(C)CCN1C. The van der Waals surface area contributed by atoms with E-state index in [0.29, 0.717) is 17.9 Å². The van der Waals surface area contributed by atoms with Gasteiger partial charge in [0.15, 0.2) is 0 Å². The maximum Gasteiger partial charge on any atom is 0.241 e. The lowest BCUT2D eigenvalue weighted by Crippen LogP contribution is -2.56. The summed E-state index contributed by atoms with van der Waals surface area (Å²) < 4.78 is 0. The van der Waals surface area contributed by atoms with Crippen molar-refractivity contribution in [1.82, 2.24) is 20.0 Å². The molecule has 2 saturated heterocycles. The second-order valence-corrected chi connectivity index (χ2v) is 7.08. The van der Waals surface area contributed by atoms with E-state index in [4.69, 9.17) is 0 Å². The van der Waals surface area contributed by atoms with Crippen molar-refractivity contribution in [3.63, 3.8) is 0 Å². The van der Waals surface area contributed by atoms with Gasteiger partial charge in [0.1, 0.15) is 0 Å². The van der Waals surface area contributed by atoms with Gasteiger partial charge in [-0.25, -0.2) is 0 Å². The number of likely N-dealkylation sites (N-methyl/N-ethyl adjacent to an activating group) is 2. The molecule has 1 N–H and O–H groups in total. The predicted octanol–water partition coefficient (Wildman–Crippen LogP) is 0.815. The summed E-state index contributed by atoms with van der Waals surface area (Å²) >= 11 is 0. The van der Waals surface area contributed by atoms with Gasteiger partial charge in [-0.05, 0) is 26.4 Å². The standard InChI is InChI=1S/C16H32N4O/c1-6-7-14-17-15(12(2)3)16(21)20(14)11-13-10-18(4)8-9-19(13)5/h12-15,17H,6-11H2,1-5H3. The Morgan fingerprint density at radius 2 is 2.00 bits per heavy atom. The molecule has 2 aliphatic heterocycles. The molecule has 0 spiro atoms. The van der Waals surface area contributed by atoms with Crippen LogP contribution in [0.4, 0.5) is 0 Å². The van der Waals surface area contributed by atoms with Gasteiger partial charge >= 0.3 is 0 Å². The number of carbonyl (C=O) groups excluding carboxylic acids is 1. The summed E-state index contributed by atoms with van der Waals surface area (Å²) in [5.41, 5.74) is 0. The summed E-state index contributed by atoms with van der Waals surface area (Å²) in [4.78, 5) is 19.6. The fourth-order valence-corrected chi connectivity index (χ4v) is 3.43. The summed E-state index contributed by atoms with van der Waals surface area (Å²) in [6.45, 7) is 10.5. The minimum atomic E-state index is -0.00632. The molecule has 1 amide bonds. The normalized spacial score (nSPS) is 32.4. The molecule has 2 fully saturated rings. The molecule has 2 aliphatic rings. The van der Waals surface area contributed by atoms with E-state index in [1.807, 2.05) is 0 Å². The van der Waals surface area contributed by atoms with Gasteiger partial charge < -0.3 is 9.80 Å². The van der Waals surface area contributed by atoms with Crippen LogP contribution in [0.3, 0.4) is 0 Å². The Labute approximate surface area is 129 Å². The first-order chi connectivity index (χ1) is 9.93. The largest absolute Gasteiger partial charge is 0.324 e. The maximum atomic E-state index is 12.7. The van der Waals surface area contributed by atoms with Crippen LogP contribution >= 0.6 is 0 Å². The molecule has 122 valence electrons. The van der Waals surface area contributed by atoms with E-state index >= 15 is 0 Å². The molecule has 0 aliphatic carbocycles. The molecule has 21 heavy (non-hydrogen) atoms. The lowest BCUT2D eigenvalue weighted by atomic mass is 10.0. The Morgan fingerprint density at radius 1 is 1.29 bits per heavy atom. The van der Waals surface area contributed by atoms with Crippen molar-refractivity contribution in [2.45, 2.75) is 51.9 Å². The van der Waals surface area contributed by atoms with Gasteiger partial charge in [-0.3, -0.25) is 15.0 Å². The molecule has 5 heteroatoms. The van der Waals surface area contributed by atoms with E-state index in [1.165, 1.54) is 0 Å². The zero-order valence-corrected chi connectivity index (χ0v) is 14.3. The summed E-state index contributed by atoms with van der Waals surface area (Å²) in [6, 6.07) is 0.438. The molecule has 5 nitrogen and oxygen atoms in total. The van der Waals surface area contributed by atoms with Crippen molar-refractivity contribution in [3.8, 4) is 0 Å². The van der Waals surface area contributed by atoms with Crippen LogP contribution in [0.25, 0.3) is 0 Å². The van der Waals surface area contributed by atoms with Gasteiger partial charge in [0.2, 0.25) is 5.91 Å². The van der Waals surface area contributed by atoms with Crippen molar-refractivity contribution in [3.05, 3.63) is 0 Å². The Kier molecular flexibility index (Phi) is 5.63. The summed E-state index contributed by atoms with van der Waals surface area (Å²) in [5, 5.41) is 3.55. The molecule has 0 bridgehead atoms. The molecule has 0 aromatic heterocycles. The van der Waals surface area contributed by atoms with Crippen LogP contribution in [0, 0.1) is 5.92 Å². The van der Waals surface area contributed by atoms with E-state index in [9.17, 15) is 4.79 Å². The fourth-order valence-electron chi connectivity index (χ4n) is 3.43. The van der Waals surface area contributed by atoms with Crippen LogP contribution in [0.5, 0.6) is 0 Å². The van der Waals surface area contributed by atoms with Crippen LogP contribution in [0.15, 0.2) is 0 Å². The van der Waals surface area contributed by atoms with Crippen LogP contribution in [0.1, 0.15) is 33.6 Å². The Bertz CT molecular complexity index is 360. The zero-order chi connectivity index (χ0) is 15.6. The van der Waals surface area contributed by atoms with Crippen molar-refractivity contribution in [2.24, 2.45) is 5.92 Å². The van der Waals surface area contributed by atoms with Gasteiger partial charge in [-0.15, -0.1) is 0 Å². The lowest BCUT2D eigenvalue weighted by molar-refractivity contribution is -0.131. The van der Waals surface area contributed by atoms with Gasteiger partial charge in [0, 0.05) is 32.2 Å². The van der Waals surface area contributed by atoms with Crippen LogP contribution in [-0.4, -0.2) is 79.1 Å². The van der Waals surface area contributed by atoms with Gasteiger partial charge in [-0.2, -0.15) is 0 Å². The number of piperazine rings is 1. The number of nitrogens with one attached hydrogen (secondary N) is 1. The highest BCUT2D eigenvalue weighted by Crippen LogP contribution is 2.21. The molecular formula is C16H32N4O. The number of hydrogen-bond acceptors (Lipinski definition) is 4. The zero-order valence-electron chi connectivity index (χ0n) is 14.3. The van der Waals surface area contributed by atoms with E-state index in [-0.39, 0.29) is 12.2 Å². The highest BCUT2D eigenvalue weighted by molar-refractivity contribution is 5.84. The topological polar surface area (TPSA) is 38.8 Å². The molecule has 3 atom stereocenters. The minimum absolute atomic E-state index is 0.00632. The van der Waals surface area contributed by atoms with Gasteiger partial charge in [-0.1, -0.05) is 27.2 Å². The summed E-state index contributed by atoms with van der Waals surface area (Å²) in [5.74, 6) is 0.652. The summed E-state index contributed by atoms with van der Waals surface area (Å²) in [7, 11) is 4.35. The van der Waals surface area contributed by atoms with Crippen molar-refractivity contribution in [1.29, 1.82) is 0 Å². The van der Waals surface area contributed by atoms with E-state index in [0.717, 1.165) is 39.0 Å². The highest BCUT2D eigenvalue weighted by atomic mass is 16.2. The van der Waals surface area contributed by atoms with Crippen molar-refractivity contribution < 1.29 is 4.79 Å². The fraction of sp³-hybridized carbons (Fsp3) is 0.938. The number of carbonyl (C=O) groups is 1. The third kappa shape index (κ3) is 3.76. The lowest BCUT2D eigenvalue weighted by Gasteiger charge is -2.40. The van der Waals surface area contributed by atoms with Crippen molar-refractivity contribution in [2.75, 3.05) is 40.3 Å². The smallest absolute Gasteiger partial charge is 0.241 e. The maximum absolute atomic E-state index is 12.7.